The average molecular weight is 215 g/mol. The predicted molar refractivity (Wildman–Crippen MR) is 70.9 cm³/mol. The molecular formula is C15H21N. The number of nitrogens with zero attached hydrogens (tertiary/aromatic N) is 1. The van der Waals surface area contributed by atoms with E-state index < -0.39 is 0 Å². The van der Waals surface area contributed by atoms with Crippen LogP contribution >= 0.6 is 0 Å². The quantitative estimate of drug-likeness (QED) is 0.714. The van der Waals surface area contributed by atoms with E-state index in [1.165, 1.54) is 22.9 Å². The van der Waals surface area contributed by atoms with Crippen LogP contribution in [-0.4, -0.2) is 4.57 Å². The van der Waals surface area contributed by atoms with Crippen molar-refractivity contribution in [3.05, 3.63) is 36.0 Å². The van der Waals surface area contributed by atoms with E-state index in [4.69, 9.17) is 0 Å². The Labute approximate surface area is 98.1 Å². The van der Waals surface area contributed by atoms with Gasteiger partial charge in [0.1, 0.15) is 0 Å². The van der Waals surface area contributed by atoms with E-state index in [0.717, 1.165) is 0 Å². The third-order valence-corrected chi connectivity index (χ3v) is 3.04. The van der Waals surface area contributed by atoms with Gasteiger partial charge in [-0.05, 0) is 43.9 Å². The molecule has 0 amide bonds. The summed E-state index contributed by atoms with van der Waals surface area (Å²) < 4.78 is 2.35. The first-order valence-electron chi connectivity index (χ1n) is 6.18. The zero-order chi connectivity index (χ0) is 11.7. The highest BCUT2D eigenvalue weighted by Crippen LogP contribution is 2.24. The molecule has 0 spiro atoms. The normalized spacial score (nSPS) is 11.9. The first kappa shape index (κ1) is 11.3. The fourth-order valence-electron chi connectivity index (χ4n) is 2.32. The summed E-state index contributed by atoms with van der Waals surface area (Å²) in [5.41, 5.74) is 2.85. The van der Waals surface area contributed by atoms with E-state index in [9.17, 15) is 0 Å². The minimum Gasteiger partial charge on any atom is -0.345 e. The number of rotatable bonds is 3. The number of benzene rings is 1. The standard InChI is InChI=1S/C15H21N/c1-11(2)10-13-6-5-7-15-14(13)8-9-16(15)12(3)4/h5-9,11-12H,10H2,1-4H3. The summed E-state index contributed by atoms with van der Waals surface area (Å²) in [7, 11) is 0. The van der Waals surface area contributed by atoms with E-state index in [2.05, 4.69) is 62.7 Å². The van der Waals surface area contributed by atoms with Crippen molar-refractivity contribution in [2.24, 2.45) is 5.92 Å². The van der Waals surface area contributed by atoms with Crippen molar-refractivity contribution >= 4 is 10.9 Å². The van der Waals surface area contributed by atoms with E-state index in [1.807, 2.05) is 0 Å². The molecule has 1 aromatic carbocycles. The smallest absolute Gasteiger partial charge is 0.0485 e. The van der Waals surface area contributed by atoms with Crippen LogP contribution in [0.2, 0.25) is 0 Å². The second-order valence-corrected chi connectivity index (χ2v) is 5.26. The lowest BCUT2D eigenvalue weighted by Crippen LogP contribution is -1.99. The molecule has 0 bridgehead atoms. The van der Waals surface area contributed by atoms with Crippen molar-refractivity contribution in [2.75, 3.05) is 0 Å². The van der Waals surface area contributed by atoms with Crippen LogP contribution in [0.3, 0.4) is 0 Å². The number of hydrogen-bond acceptors (Lipinski definition) is 0. The Morgan fingerprint density at radius 2 is 1.81 bits per heavy atom. The molecule has 16 heavy (non-hydrogen) atoms. The van der Waals surface area contributed by atoms with Crippen LogP contribution < -0.4 is 0 Å². The predicted octanol–water partition coefficient (Wildman–Crippen LogP) is 4.42. The van der Waals surface area contributed by atoms with Gasteiger partial charge in [0, 0.05) is 23.1 Å². The highest BCUT2D eigenvalue weighted by atomic mass is 15.0. The molecule has 0 fully saturated rings. The molecule has 0 saturated carbocycles. The van der Waals surface area contributed by atoms with Gasteiger partial charge in [-0.3, -0.25) is 0 Å². The number of hydrogen-bond donors (Lipinski definition) is 0. The molecule has 1 nitrogen and oxygen atoms in total. The Bertz CT molecular complexity index is 477. The van der Waals surface area contributed by atoms with Crippen molar-refractivity contribution in [3.63, 3.8) is 0 Å². The first-order chi connectivity index (χ1) is 7.59. The van der Waals surface area contributed by atoms with Crippen LogP contribution in [0.25, 0.3) is 10.9 Å². The minimum absolute atomic E-state index is 0.534. The first-order valence-corrected chi connectivity index (χ1v) is 6.18. The Morgan fingerprint density at radius 1 is 1.06 bits per heavy atom. The van der Waals surface area contributed by atoms with Crippen molar-refractivity contribution in [1.82, 2.24) is 4.57 Å². The maximum Gasteiger partial charge on any atom is 0.0485 e. The van der Waals surface area contributed by atoms with Gasteiger partial charge in [0.05, 0.1) is 0 Å². The lowest BCUT2D eigenvalue weighted by atomic mass is 10.00. The van der Waals surface area contributed by atoms with Gasteiger partial charge in [0.25, 0.3) is 0 Å². The van der Waals surface area contributed by atoms with Crippen molar-refractivity contribution in [3.8, 4) is 0 Å². The largest absolute Gasteiger partial charge is 0.345 e. The summed E-state index contributed by atoms with van der Waals surface area (Å²) in [5.74, 6) is 0.716. The van der Waals surface area contributed by atoms with Crippen LogP contribution in [0.1, 0.15) is 39.3 Å². The molecule has 2 aromatic rings. The van der Waals surface area contributed by atoms with Crippen molar-refractivity contribution in [2.45, 2.75) is 40.2 Å². The summed E-state index contributed by atoms with van der Waals surface area (Å²) in [6.45, 7) is 9.01. The molecule has 0 atom stereocenters. The van der Waals surface area contributed by atoms with Gasteiger partial charge in [0.2, 0.25) is 0 Å². The number of fused-ring (bicyclic) bond motifs is 1. The summed E-state index contributed by atoms with van der Waals surface area (Å²) in [6.07, 6.45) is 3.37. The fraction of sp³-hybridized carbons (Fsp3) is 0.467. The molecule has 0 saturated heterocycles. The second-order valence-electron chi connectivity index (χ2n) is 5.26. The molecule has 2 rings (SSSR count). The molecule has 1 heterocycles. The monoisotopic (exact) mass is 215 g/mol. The Morgan fingerprint density at radius 3 is 2.44 bits per heavy atom. The van der Waals surface area contributed by atoms with Crippen LogP contribution in [0.15, 0.2) is 30.5 Å². The van der Waals surface area contributed by atoms with Gasteiger partial charge in [-0.1, -0.05) is 26.0 Å². The Balaban J connectivity index is 2.53. The van der Waals surface area contributed by atoms with Crippen LogP contribution in [0.5, 0.6) is 0 Å². The summed E-state index contributed by atoms with van der Waals surface area (Å²) in [6, 6.07) is 9.45. The van der Waals surface area contributed by atoms with Crippen molar-refractivity contribution in [1.29, 1.82) is 0 Å². The highest BCUT2D eigenvalue weighted by molar-refractivity contribution is 5.83. The van der Waals surface area contributed by atoms with E-state index >= 15 is 0 Å². The average Bonchev–Trinajstić information content (AvgIpc) is 2.61. The minimum atomic E-state index is 0.534. The topological polar surface area (TPSA) is 4.93 Å². The lowest BCUT2D eigenvalue weighted by Gasteiger charge is -2.11. The molecular weight excluding hydrogens is 194 g/mol. The maximum atomic E-state index is 2.35. The SMILES string of the molecule is CC(C)Cc1cccc2c1ccn2C(C)C. The van der Waals surface area contributed by atoms with Crippen LogP contribution in [0.4, 0.5) is 0 Å². The fourth-order valence-corrected chi connectivity index (χ4v) is 2.32. The van der Waals surface area contributed by atoms with Crippen LogP contribution in [0, 0.1) is 5.92 Å². The molecule has 0 aliphatic carbocycles. The van der Waals surface area contributed by atoms with Gasteiger partial charge in [-0.15, -0.1) is 0 Å². The van der Waals surface area contributed by atoms with Crippen molar-refractivity contribution < 1.29 is 0 Å². The van der Waals surface area contributed by atoms with Crippen LogP contribution in [-0.2, 0) is 6.42 Å². The van der Waals surface area contributed by atoms with Gasteiger partial charge < -0.3 is 4.57 Å². The van der Waals surface area contributed by atoms with E-state index in [0.29, 0.717) is 12.0 Å². The maximum absolute atomic E-state index is 2.35. The lowest BCUT2D eigenvalue weighted by molar-refractivity contribution is 0.622. The summed E-state index contributed by atoms with van der Waals surface area (Å²) >= 11 is 0. The third kappa shape index (κ3) is 1.99. The van der Waals surface area contributed by atoms with Gasteiger partial charge in [0.15, 0.2) is 0 Å². The molecule has 0 aliphatic rings. The van der Waals surface area contributed by atoms with Gasteiger partial charge in [-0.25, -0.2) is 0 Å². The summed E-state index contributed by atoms with van der Waals surface area (Å²) in [4.78, 5) is 0. The van der Waals surface area contributed by atoms with Gasteiger partial charge >= 0.3 is 0 Å². The molecule has 1 aromatic heterocycles. The van der Waals surface area contributed by atoms with Gasteiger partial charge in [-0.2, -0.15) is 0 Å². The molecule has 0 radical (unpaired) electrons. The summed E-state index contributed by atoms with van der Waals surface area (Å²) in [5, 5.41) is 1.42. The zero-order valence-electron chi connectivity index (χ0n) is 10.7. The third-order valence-electron chi connectivity index (χ3n) is 3.04. The van der Waals surface area contributed by atoms with E-state index in [1.54, 1.807) is 0 Å². The second kappa shape index (κ2) is 4.32. The molecule has 0 N–H and O–H groups in total. The number of aromatic nitrogens is 1. The van der Waals surface area contributed by atoms with E-state index in [-0.39, 0.29) is 0 Å². The molecule has 0 aliphatic heterocycles. The highest BCUT2D eigenvalue weighted by Gasteiger charge is 2.08. The zero-order valence-corrected chi connectivity index (χ0v) is 10.7. The molecule has 1 heteroatoms. The molecule has 86 valence electrons. The Hall–Kier alpha value is -1.24. The Kier molecular flexibility index (Phi) is 3.04. The molecule has 0 unspecified atom stereocenters.